The molecule has 0 heterocycles. The van der Waals surface area contributed by atoms with Gasteiger partial charge >= 0.3 is 0 Å². The molecule has 0 radical (unpaired) electrons. The first-order valence-corrected chi connectivity index (χ1v) is 3.96. The molecule has 1 N–H and O–H groups in total. The minimum atomic E-state index is -0.140. The van der Waals surface area contributed by atoms with Crippen LogP contribution in [-0.2, 0) is 4.74 Å². The van der Waals surface area contributed by atoms with Crippen molar-refractivity contribution in [3.63, 3.8) is 0 Å². The molecule has 1 aliphatic carbocycles. The van der Waals surface area contributed by atoms with Crippen molar-refractivity contribution in [1.82, 2.24) is 0 Å². The Hall–Kier alpha value is -0.0800. The number of hydrogen-bond acceptors (Lipinski definition) is 2. The summed E-state index contributed by atoms with van der Waals surface area (Å²) in [6, 6.07) is 0. The minimum Gasteiger partial charge on any atom is -0.393 e. The molecule has 1 fully saturated rings. The highest BCUT2D eigenvalue weighted by molar-refractivity contribution is 4.78. The monoisotopic (exact) mass is 144 g/mol. The number of methoxy groups -OCH3 is 1. The van der Waals surface area contributed by atoms with Crippen molar-refractivity contribution in [2.75, 3.05) is 7.11 Å². The van der Waals surface area contributed by atoms with Crippen LogP contribution in [0.25, 0.3) is 0 Å². The fraction of sp³-hybridized carbons (Fsp3) is 1.00. The Bertz CT molecular complexity index is 103. The van der Waals surface area contributed by atoms with Gasteiger partial charge in [-0.05, 0) is 19.3 Å². The summed E-state index contributed by atoms with van der Waals surface area (Å²) in [5.41, 5.74) is 0. The third-order valence-corrected chi connectivity index (χ3v) is 2.48. The molecule has 0 bridgehead atoms. The maximum absolute atomic E-state index is 9.40. The van der Waals surface area contributed by atoms with Gasteiger partial charge < -0.3 is 9.84 Å². The van der Waals surface area contributed by atoms with Crippen LogP contribution in [0.5, 0.6) is 0 Å². The Morgan fingerprint density at radius 2 is 2.10 bits per heavy atom. The minimum absolute atomic E-state index is 0.140. The summed E-state index contributed by atoms with van der Waals surface area (Å²) < 4.78 is 5.21. The standard InChI is InChI=1S/C8H16O2/c1-6-7(9)4-3-5-8(6)10-2/h6-9H,3-5H2,1-2H3/t6-,7?,8?/m0/s1. The zero-order valence-corrected chi connectivity index (χ0v) is 6.71. The summed E-state index contributed by atoms with van der Waals surface area (Å²) >= 11 is 0. The van der Waals surface area contributed by atoms with Gasteiger partial charge in [0.2, 0.25) is 0 Å². The molecule has 1 rings (SSSR count). The summed E-state index contributed by atoms with van der Waals surface area (Å²) in [5, 5.41) is 9.40. The lowest BCUT2D eigenvalue weighted by molar-refractivity contribution is -0.0376. The van der Waals surface area contributed by atoms with Crippen LogP contribution in [0.1, 0.15) is 26.2 Å². The van der Waals surface area contributed by atoms with E-state index in [-0.39, 0.29) is 12.2 Å². The van der Waals surface area contributed by atoms with E-state index in [2.05, 4.69) is 6.92 Å². The largest absolute Gasteiger partial charge is 0.393 e. The summed E-state index contributed by atoms with van der Waals surface area (Å²) in [6.45, 7) is 2.05. The van der Waals surface area contributed by atoms with E-state index in [4.69, 9.17) is 4.74 Å². The van der Waals surface area contributed by atoms with Gasteiger partial charge in [0.1, 0.15) is 0 Å². The van der Waals surface area contributed by atoms with Gasteiger partial charge in [0, 0.05) is 13.0 Å². The molecule has 0 saturated heterocycles. The predicted octanol–water partition coefficient (Wildman–Crippen LogP) is 1.18. The van der Waals surface area contributed by atoms with Gasteiger partial charge in [-0.1, -0.05) is 6.92 Å². The topological polar surface area (TPSA) is 29.5 Å². The van der Waals surface area contributed by atoms with Crippen LogP contribution in [0, 0.1) is 5.92 Å². The number of hydrogen-bond donors (Lipinski definition) is 1. The van der Waals surface area contributed by atoms with E-state index in [9.17, 15) is 5.11 Å². The normalized spacial score (nSPS) is 41.7. The molecule has 2 heteroatoms. The Morgan fingerprint density at radius 3 is 2.60 bits per heavy atom. The Morgan fingerprint density at radius 1 is 1.40 bits per heavy atom. The van der Waals surface area contributed by atoms with Crippen molar-refractivity contribution in [3.8, 4) is 0 Å². The lowest BCUT2D eigenvalue weighted by Crippen LogP contribution is -2.34. The van der Waals surface area contributed by atoms with E-state index in [1.54, 1.807) is 7.11 Å². The first-order valence-electron chi connectivity index (χ1n) is 3.96. The van der Waals surface area contributed by atoms with Gasteiger partial charge in [-0.25, -0.2) is 0 Å². The van der Waals surface area contributed by atoms with Gasteiger partial charge in [-0.2, -0.15) is 0 Å². The van der Waals surface area contributed by atoms with Gasteiger partial charge in [0.25, 0.3) is 0 Å². The van der Waals surface area contributed by atoms with Crippen LogP contribution < -0.4 is 0 Å². The molecule has 0 aliphatic heterocycles. The molecule has 0 aromatic carbocycles. The molecular formula is C8H16O2. The molecule has 2 unspecified atom stereocenters. The molecule has 0 spiro atoms. The Balaban J connectivity index is 2.42. The van der Waals surface area contributed by atoms with Crippen LogP contribution in [-0.4, -0.2) is 24.4 Å². The van der Waals surface area contributed by atoms with Crippen LogP contribution in [0.4, 0.5) is 0 Å². The Labute approximate surface area is 62.2 Å². The summed E-state index contributed by atoms with van der Waals surface area (Å²) in [7, 11) is 1.72. The van der Waals surface area contributed by atoms with E-state index in [1.165, 1.54) is 0 Å². The third-order valence-electron chi connectivity index (χ3n) is 2.48. The third kappa shape index (κ3) is 1.50. The number of rotatable bonds is 1. The van der Waals surface area contributed by atoms with Crippen LogP contribution in [0.2, 0.25) is 0 Å². The van der Waals surface area contributed by atoms with Gasteiger partial charge in [-0.15, -0.1) is 0 Å². The van der Waals surface area contributed by atoms with E-state index in [0.29, 0.717) is 5.92 Å². The quantitative estimate of drug-likeness (QED) is 0.599. The van der Waals surface area contributed by atoms with E-state index < -0.39 is 0 Å². The smallest absolute Gasteiger partial charge is 0.0621 e. The van der Waals surface area contributed by atoms with E-state index >= 15 is 0 Å². The van der Waals surface area contributed by atoms with Gasteiger partial charge in [0.15, 0.2) is 0 Å². The fourth-order valence-electron chi connectivity index (χ4n) is 1.63. The van der Waals surface area contributed by atoms with Crippen molar-refractivity contribution in [3.05, 3.63) is 0 Å². The Kier molecular flexibility index (Phi) is 2.69. The zero-order valence-electron chi connectivity index (χ0n) is 6.71. The van der Waals surface area contributed by atoms with Crippen LogP contribution in [0.15, 0.2) is 0 Å². The number of ether oxygens (including phenoxy) is 1. The SMILES string of the molecule is COC1CCCC(O)[C@@H]1C. The van der Waals surface area contributed by atoms with Crippen molar-refractivity contribution in [2.45, 2.75) is 38.4 Å². The molecule has 0 amide bonds. The molecule has 1 saturated carbocycles. The summed E-state index contributed by atoms with van der Waals surface area (Å²) in [6.07, 6.45) is 3.29. The second kappa shape index (κ2) is 3.35. The van der Waals surface area contributed by atoms with Gasteiger partial charge in [0.05, 0.1) is 12.2 Å². The molecule has 10 heavy (non-hydrogen) atoms. The van der Waals surface area contributed by atoms with Crippen molar-refractivity contribution in [2.24, 2.45) is 5.92 Å². The molecule has 1 aliphatic rings. The molecule has 3 atom stereocenters. The van der Waals surface area contributed by atoms with Crippen LogP contribution >= 0.6 is 0 Å². The van der Waals surface area contributed by atoms with Gasteiger partial charge in [-0.3, -0.25) is 0 Å². The predicted molar refractivity (Wildman–Crippen MR) is 39.8 cm³/mol. The maximum Gasteiger partial charge on any atom is 0.0621 e. The molecule has 2 nitrogen and oxygen atoms in total. The molecule has 0 aromatic rings. The van der Waals surface area contributed by atoms with E-state index in [1.807, 2.05) is 0 Å². The lowest BCUT2D eigenvalue weighted by Gasteiger charge is -2.31. The fourth-order valence-corrected chi connectivity index (χ4v) is 1.63. The average molecular weight is 144 g/mol. The number of aliphatic hydroxyl groups is 1. The summed E-state index contributed by atoms with van der Waals surface area (Å²) in [4.78, 5) is 0. The molecular weight excluding hydrogens is 128 g/mol. The zero-order chi connectivity index (χ0) is 7.56. The number of aliphatic hydroxyl groups excluding tert-OH is 1. The van der Waals surface area contributed by atoms with Crippen LogP contribution in [0.3, 0.4) is 0 Å². The highest BCUT2D eigenvalue weighted by Gasteiger charge is 2.27. The second-order valence-corrected chi connectivity index (χ2v) is 3.13. The lowest BCUT2D eigenvalue weighted by atomic mass is 9.85. The first kappa shape index (κ1) is 8.02. The highest BCUT2D eigenvalue weighted by atomic mass is 16.5. The second-order valence-electron chi connectivity index (χ2n) is 3.13. The highest BCUT2D eigenvalue weighted by Crippen LogP contribution is 2.25. The first-order chi connectivity index (χ1) is 4.75. The molecule has 60 valence electrons. The van der Waals surface area contributed by atoms with Crippen molar-refractivity contribution < 1.29 is 9.84 Å². The molecule has 0 aromatic heterocycles. The average Bonchev–Trinajstić information content (AvgIpc) is 1.95. The summed E-state index contributed by atoms with van der Waals surface area (Å²) in [5.74, 6) is 0.318. The van der Waals surface area contributed by atoms with Crippen molar-refractivity contribution in [1.29, 1.82) is 0 Å². The maximum atomic E-state index is 9.40. The van der Waals surface area contributed by atoms with E-state index in [0.717, 1.165) is 19.3 Å². The van der Waals surface area contributed by atoms with Crippen molar-refractivity contribution >= 4 is 0 Å².